The van der Waals surface area contributed by atoms with Crippen molar-refractivity contribution < 1.29 is 9.59 Å². The molecule has 128 valence electrons. The van der Waals surface area contributed by atoms with Crippen molar-refractivity contribution in [1.29, 1.82) is 0 Å². The first kappa shape index (κ1) is 18.1. The molecule has 0 bridgehead atoms. The number of thiazole rings is 1. The van der Waals surface area contributed by atoms with Gasteiger partial charge in [0, 0.05) is 22.7 Å². The van der Waals surface area contributed by atoms with Crippen molar-refractivity contribution in [2.75, 3.05) is 11.9 Å². The fourth-order valence-corrected chi connectivity index (χ4v) is 3.25. The van der Waals surface area contributed by atoms with Crippen LogP contribution in [0.25, 0.3) is 0 Å². The average Bonchev–Trinajstić information content (AvgIpc) is 2.84. The first-order valence-corrected chi connectivity index (χ1v) is 8.84. The second-order valence-electron chi connectivity index (χ2n) is 5.75. The minimum atomic E-state index is -0.124. The summed E-state index contributed by atoms with van der Waals surface area (Å²) in [6, 6.07) is 5.34. The van der Waals surface area contributed by atoms with E-state index in [2.05, 4.69) is 15.6 Å². The van der Waals surface area contributed by atoms with Crippen molar-refractivity contribution in [3.05, 3.63) is 44.9 Å². The molecule has 0 saturated heterocycles. The third-order valence-electron chi connectivity index (χ3n) is 3.63. The molecule has 2 rings (SSSR count). The highest BCUT2D eigenvalue weighted by atomic mass is 32.1. The highest BCUT2D eigenvalue weighted by Gasteiger charge is 2.13. The molecule has 0 spiro atoms. The van der Waals surface area contributed by atoms with Gasteiger partial charge in [0.1, 0.15) is 0 Å². The number of carbonyl (C=O) groups is 2. The Bertz CT molecular complexity index is 753. The van der Waals surface area contributed by atoms with Gasteiger partial charge in [-0.15, -0.1) is 11.3 Å². The monoisotopic (exact) mass is 345 g/mol. The largest absolute Gasteiger partial charge is 0.352 e. The molecule has 2 N–H and O–H groups in total. The summed E-state index contributed by atoms with van der Waals surface area (Å²) >= 11 is 1.54. The van der Waals surface area contributed by atoms with Gasteiger partial charge in [-0.05, 0) is 44.9 Å². The lowest BCUT2D eigenvalue weighted by Crippen LogP contribution is -2.24. The smallest absolute Gasteiger partial charge is 0.251 e. The lowest BCUT2D eigenvalue weighted by Gasteiger charge is -2.11. The van der Waals surface area contributed by atoms with Crippen LogP contribution < -0.4 is 10.6 Å². The topological polar surface area (TPSA) is 71.1 Å². The zero-order valence-corrected chi connectivity index (χ0v) is 15.3. The molecule has 2 aromatic rings. The molecule has 0 radical (unpaired) electrons. The number of anilines is 1. The SMILES string of the molecule is CCCNC(=O)c1ccc(C)c(NC(=O)Cc2sc(C)nc2C)c1. The Labute approximate surface area is 146 Å². The van der Waals surface area contributed by atoms with E-state index in [4.69, 9.17) is 0 Å². The summed E-state index contributed by atoms with van der Waals surface area (Å²) in [5.74, 6) is -0.225. The van der Waals surface area contributed by atoms with Crippen LogP contribution in [0.2, 0.25) is 0 Å². The second-order valence-corrected chi connectivity index (χ2v) is 7.04. The molecule has 0 aliphatic rings. The summed E-state index contributed by atoms with van der Waals surface area (Å²) in [7, 11) is 0. The van der Waals surface area contributed by atoms with Crippen LogP contribution in [0.4, 0.5) is 5.69 Å². The van der Waals surface area contributed by atoms with Gasteiger partial charge in [0.25, 0.3) is 5.91 Å². The minimum absolute atomic E-state index is 0.101. The summed E-state index contributed by atoms with van der Waals surface area (Å²) in [6.45, 7) is 8.39. The Kier molecular flexibility index (Phi) is 6.09. The van der Waals surface area contributed by atoms with Gasteiger partial charge in [0.2, 0.25) is 5.91 Å². The zero-order chi connectivity index (χ0) is 17.7. The Morgan fingerprint density at radius 2 is 1.96 bits per heavy atom. The molecule has 2 amide bonds. The van der Waals surface area contributed by atoms with Crippen molar-refractivity contribution in [2.45, 2.75) is 40.5 Å². The maximum absolute atomic E-state index is 12.3. The molecule has 0 saturated carbocycles. The number of amides is 2. The van der Waals surface area contributed by atoms with Crippen LogP contribution in [0, 0.1) is 20.8 Å². The molecule has 6 heteroatoms. The van der Waals surface area contributed by atoms with E-state index in [-0.39, 0.29) is 11.8 Å². The van der Waals surface area contributed by atoms with E-state index in [0.29, 0.717) is 24.2 Å². The third-order valence-corrected chi connectivity index (χ3v) is 4.70. The molecule has 0 fully saturated rings. The number of rotatable bonds is 6. The number of aryl methyl sites for hydroxylation is 3. The van der Waals surface area contributed by atoms with E-state index in [9.17, 15) is 9.59 Å². The Hall–Kier alpha value is -2.21. The minimum Gasteiger partial charge on any atom is -0.352 e. The number of carbonyl (C=O) groups excluding carboxylic acids is 2. The van der Waals surface area contributed by atoms with Crippen LogP contribution in [0.15, 0.2) is 18.2 Å². The van der Waals surface area contributed by atoms with E-state index >= 15 is 0 Å². The van der Waals surface area contributed by atoms with E-state index < -0.39 is 0 Å². The molecule has 5 nitrogen and oxygen atoms in total. The molecule has 0 aliphatic heterocycles. The third kappa shape index (κ3) is 4.64. The molecule has 1 heterocycles. The zero-order valence-electron chi connectivity index (χ0n) is 14.5. The number of hydrogen-bond donors (Lipinski definition) is 2. The number of nitrogens with zero attached hydrogens (tertiary/aromatic N) is 1. The molecule has 0 atom stereocenters. The van der Waals surface area contributed by atoms with Crippen LogP contribution in [0.5, 0.6) is 0 Å². The number of aromatic nitrogens is 1. The Morgan fingerprint density at radius 1 is 1.21 bits per heavy atom. The first-order chi connectivity index (χ1) is 11.4. The fraction of sp³-hybridized carbons (Fsp3) is 0.389. The lowest BCUT2D eigenvalue weighted by atomic mass is 10.1. The van der Waals surface area contributed by atoms with Gasteiger partial charge in [-0.2, -0.15) is 0 Å². The summed E-state index contributed by atoms with van der Waals surface area (Å²) < 4.78 is 0. The highest BCUT2D eigenvalue weighted by molar-refractivity contribution is 7.11. The first-order valence-electron chi connectivity index (χ1n) is 8.02. The number of benzene rings is 1. The van der Waals surface area contributed by atoms with Crippen molar-refractivity contribution in [3.8, 4) is 0 Å². The summed E-state index contributed by atoms with van der Waals surface area (Å²) in [5, 5.41) is 6.71. The fourth-order valence-electron chi connectivity index (χ4n) is 2.32. The predicted octanol–water partition coefficient (Wildman–Crippen LogP) is 3.39. The van der Waals surface area contributed by atoms with Gasteiger partial charge in [0.15, 0.2) is 0 Å². The van der Waals surface area contributed by atoms with Crippen LogP contribution >= 0.6 is 11.3 Å². The average molecular weight is 345 g/mol. The van der Waals surface area contributed by atoms with Gasteiger partial charge < -0.3 is 10.6 Å². The summed E-state index contributed by atoms with van der Waals surface area (Å²) in [5.41, 5.74) is 3.04. The highest BCUT2D eigenvalue weighted by Crippen LogP contribution is 2.20. The number of hydrogen-bond acceptors (Lipinski definition) is 4. The lowest BCUT2D eigenvalue weighted by molar-refractivity contribution is -0.115. The second kappa shape index (κ2) is 8.06. The maximum Gasteiger partial charge on any atom is 0.251 e. The quantitative estimate of drug-likeness (QED) is 0.843. The van der Waals surface area contributed by atoms with E-state index in [1.807, 2.05) is 33.8 Å². The van der Waals surface area contributed by atoms with Gasteiger partial charge in [0.05, 0.1) is 17.1 Å². The molecular formula is C18H23N3O2S. The molecule has 24 heavy (non-hydrogen) atoms. The molecule has 1 aromatic carbocycles. The maximum atomic E-state index is 12.3. The van der Waals surface area contributed by atoms with Gasteiger partial charge in [-0.1, -0.05) is 13.0 Å². The van der Waals surface area contributed by atoms with E-state index in [1.165, 1.54) is 11.3 Å². The van der Waals surface area contributed by atoms with E-state index in [0.717, 1.165) is 27.6 Å². The van der Waals surface area contributed by atoms with E-state index in [1.54, 1.807) is 12.1 Å². The van der Waals surface area contributed by atoms with Crippen LogP contribution in [-0.2, 0) is 11.2 Å². The number of nitrogens with one attached hydrogen (secondary N) is 2. The standard InChI is InChI=1S/C18H23N3O2S/c1-5-8-19-18(23)14-7-6-11(2)15(9-14)21-17(22)10-16-12(3)20-13(4)24-16/h6-7,9H,5,8,10H2,1-4H3,(H,19,23)(H,21,22). The molecular weight excluding hydrogens is 322 g/mol. The molecule has 1 aromatic heterocycles. The van der Waals surface area contributed by atoms with Crippen molar-refractivity contribution in [3.63, 3.8) is 0 Å². The summed E-state index contributed by atoms with van der Waals surface area (Å²) in [6.07, 6.45) is 1.18. The predicted molar refractivity (Wildman–Crippen MR) is 97.7 cm³/mol. The van der Waals surface area contributed by atoms with Gasteiger partial charge in [-0.3, -0.25) is 9.59 Å². The molecule has 0 aliphatic carbocycles. The van der Waals surface area contributed by atoms with Gasteiger partial charge >= 0.3 is 0 Å². The summed E-state index contributed by atoms with van der Waals surface area (Å²) in [4.78, 5) is 29.7. The molecule has 0 unspecified atom stereocenters. The normalized spacial score (nSPS) is 10.5. The van der Waals surface area contributed by atoms with Gasteiger partial charge in [-0.25, -0.2) is 4.98 Å². The van der Waals surface area contributed by atoms with Crippen LogP contribution in [-0.4, -0.2) is 23.3 Å². The Balaban J connectivity index is 2.09. The van der Waals surface area contributed by atoms with Crippen LogP contribution in [0.1, 0.15) is 44.8 Å². The van der Waals surface area contributed by atoms with Crippen molar-refractivity contribution in [1.82, 2.24) is 10.3 Å². The van der Waals surface area contributed by atoms with Crippen LogP contribution in [0.3, 0.4) is 0 Å². The van der Waals surface area contributed by atoms with Crippen molar-refractivity contribution in [2.24, 2.45) is 0 Å². The Morgan fingerprint density at radius 3 is 2.58 bits per heavy atom. The van der Waals surface area contributed by atoms with Crippen molar-refractivity contribution >= 4 is 28.8 Å².